The maximum Gasteiger partial charge on any atom is 0.120 e. The molecule has 4 rings (SSSR count). The Kier molecular flexibility index (Phi) is 4.27. The van der Waals surface area contributed by atoms with E-state index in [0.29, 0.717) is 18.2 Å². The van der Waals surface area contributed by atoms with Crippen LogP contribution in [0.25, 0.3) is 10.8 Å². The van der Waals surface area contributed by atoms with Crippen molar-refractivity contribution < 1.29 is 9.47 Å². The Hall–Kier alpha value is -1.71. The highest BCUT2D eigenvalue weighted by molar-refractivity contribution is 5.85. The molecular formula is C18H20ClNO2. The van der Waals surface area contributed by atoms with Crippen LogP contribution in [0.1, 0.15) is 12.8 Å². The molecule has 3 nitrogen and oxygen atoms in total. The van der Waals surface area contributed by atoms with Gasteiger partial charge in [-0.3, -0.25) is 0 Å². The number of methoxy groups -OCH3 is 1. The summed E-state index contributed by atoms with van der Waals surface area (Å²) in [6.07, 6.45) is 6.93. The molecule has 2 aliphatic heterocycles. The van der Waals surface area contributed by atoms with Crippen molar-refractivity contribution in [2.45, 2.75) is 31.0 Å². The predicted octanol–water partition coefficient (Wildman–Crippen LogP) is 3.71. The van der Waals surface area contributed by atoms with Crippen molar-refractivity contribution in [1.82, 2.24) is 5.32 Å². The summed E-state index contributed by atoms with van der Waals surface area (Å²) in [5.41, 5.74) is 0. The first-order valence-corrected chi connectivity index (χ1v) is 7.49. The van der Waals surface area contributed by atoms with Crippen molar-refractivity contribution in [3.05, 3.63) is 48.6 Å². The number of piperidine rings is 1. The van der Waals surface area contributed by atoms with E-state index in [1.807, 2.05) is 12.1 Å². The standard InChI is InChI=1S/C18H19NO2.ClH/c1-20-16-6-2-13-9-17(7-3-12(13)8-16)21-18-10-14-4-5-15(11-18)19-14;/h2-9,14-15,18-19H,10-11H2,1H3;1H. The molecule has 2 aliphatic rings. The maximum absolute atomic E-state index is 6.19. The van der Waals surface area contributed by atoms with Crippen LogP contribution in [-0.4, -0.2) is 25.3 Å². The van der Waals surface area contributed by atoms with Gasteiger partial charge in [0.1, 0.15) is 17.6 Å². The summed E-state index contributed by atoms with van der Waals surface area (Å²) in [5, 5.41) is 5.90. The van der Waals surface area contributed by atoms with Crippen LogP contribution in [0.2, 0.25) is 0 Å². The molecule has 2 unspecified atom stereocenters. The monoisotopic (exact) mass is 317 g/mol. The largest absolute Gasteiger partial charge is 0.497 e. The fourth-order valence-electron chi connectivity index (χ4n) is 3.30. The van der Waals surface area contributed by atoms with Gasteiger partial charge >= 0.3 is 0 Å². The normalized spacial score (nSPS) is 25.8. The van der Waals surface area contributed by atoms with Crippen molar-refractivity contribution in [3.8, 4) is 11.5 Å². The van der Waals surface area contributed by atoms with Crippen molar-refractivity contribution in [3.63, 3.8) is 0 Å². The van der Waals surface area contributed by atoms with Crippen LogP contribution in [0.4, 0.5) is 0 Å². The van der Waals surface area contributed by atoms with Gasteiger partial charge in [0.2, 0.25) is 0 Å². The van der Waals surface area contributed by atoms with Crippen LogP contribution in [0.15, 0.2) is 48.6 Å². The average Bonchev–Trinajstić information content (AvgIpc) is 2.85. The van der Waals surface area contributed by atoms with Gasteiger partial charge in [-0.05, 0) is 35.0 Å². The molecule has 2 aromatic carbocycles. The van der Waals surface area contributed by atoms with Crippen LogP contribution in [-0.2, 0) is 0 Å². The zero-order valence-electron chi connectivity index (χ0n) is 12.5. The zero-order valence-corrected chi connectivity index (χ0v) is 13.3. The highest BCUT2D eigenvalue weighted by Crippen LogP contribution is 2.28. The minimum Gasteiger partial charge on any atom is -0.497 e. The molecule has 2 bridgehead atoms. The Balaban J connectivity index is 0.00000144. The first-order valence-electron chi connectivity index (χ1n) is 7.49. The van der Waals surface area contributed by atoms with Crippen LogP contribution < -0.4 is 14.8 Å². The summed E-state index contributed by atoms with van der Waals surface area (Å²) in [7, 11) is 1.69. The van der Waals surface area contributed by atoms with Crippen molar-refractivity contribution in [2.75, 3.05) is 7.11 Å². The molecular weight excluding hydrogens is 298 g/mol. The van der Waals surface area contributed by atoms with Gasteiger partial charge in [-0.15, -0.1) is 12.4 Å². The lowest BCUT2D eigenvalue weighted by atomic mass is 10.0. The molecule has 0 spiro atoms. The maximum atomic E-state index is 6.19. The highest BCUT2D eigenvalue weighted by atomic mass is 35.5. The molecule has 0 aliphatic carbocycles. The van der Waals surface area contributed by atoms with E-state index in [0.717, 1.165) is 24.3 Å². The molecule has 2 atom stereocenters. The fraction of sp³-hybridized carbons (Fsp3) is 0.333. The lowest BCUT2D eigenvalue weighted by Crippen LogP contribution is -2.43. The minimum atomic E-state index is 0. The molecule has 0 saturated carbocycles. The fourth-order valence-corrected chi connectivity index (χ4v) is 3.30. The number of benzene rings is 2. The third kappa shape index (κ3) is 2.92. The lowest BCUT2D eigenvalue weighted by Gasteiger charge is -2.29. The number of hydrogen-bond donors (Lipinski definition) is 1. The Morgan fingerprint density at radius 3 is 2.14 bits per heavy atom. The highest BCUT2D eigenvalue weighted by Gasteiger charge is 2.30. The van der Waals surface area contributed by atoms with Crippen LogP contribution in [0.3, 0.4) is 0 Å². The van der Waals surface area contributed by atoms with E-state index in [4.69, 9.17) is 9.47 Å². The van der Waals surface area contributed by atoms with E-state index < -0.39 is 0 Å². The summed E-state index contributed by atoms with van der Waals surface area (Å²) in [6.45, 7) is 0. The third-order valence-corrected chi connectivity index (χ3v) is 4.36. The summed E-state index contributed by atoms with van der Waals surface area (Å²) in [6, 6.07) is 13.4. The number of ether oxygens (including phenoxy) is 2. The van der Waals surface area contributed by atoms with Gasteiger partial charge < -0.3 is 14.8 Å². The molecule has 22 heavy (non-hydrogen) atoms. The summed E-state index contributed by atoms with van der Waals surface area (Å²) >= 11 is 0. The Labute approximate surface area is 136 Å². The van der Waals surface area contributed by atoms with Crippen molar-refractivity contribution >= 4 is 23.2 Å². The minimum absolute atomic E-state index is 0. The first-order chi connectivity index (χ1) is 10.3. The van der Waals surface area contributed by atoms with E-state index >= 15 is 0 Å². The van der Waals surface area contributed by atoms with Crippen LogP contribution in [0.5, 0.6) is 11.5 Å². The number of nitrogens with one attached hydrogen (secondary N) is 1. The molecule has 1 fully saturated rings. The number of halogens is 1. The van der Waals surface area contributed by atoms with E-state index in [2.05, 4.69) is 41.7 Å². The lowest BCUT2D eigenvalue weighted by molar-refractivity contribution is 0.142. The molecule has 4 heteroatoms. The Morgan fingerprint density at radius 2 is 1.50 bits per heavy atom. The summed E-state index contributed by atoms with van der Waals surface area (Å²) in [4.78, 5) is 0. The van der Waals surface area contributed by atoms with E-state index in [1.165, 1.54) is 10.8 Å². The van der Waals surface area contributed by atoms with E-state index in [-0.39, 0.29) is 12.4 Å². The van der Waals surface area contributed by atoms with Gasteiger partial charge in [-0.25, -0.2) is 0 Å². The average molecular weight is 318 g/mol. The second-order valence-electron chi connectivity index (χ2n) is 5.85. The van der Waals surface area contributed by atoms with Gasteiger partial charge in [0.25, 0.3) is 0 Å². The van der Waals surface area contributed by atoms with E-state index in [9.17, 15) is 0 Å². The van der Waals surface area contributed by atoms with Crippen molar-refractivity contribution in [1.29, 1.82) is 0 Å². The number of hydrogen-bond acceptors (Lipinski definition) is 3. The van der Waals surface area contributed by atoms with Gasteiger partial charge in [0.15, 0.2) is 0 Å². The van der Waals surface area contributed by atoms with Gasteiger partial charge in [-0.2, -0.15) is 0 Å². The first kappa shape index (κ1) is 15.2. The van der Waals surface area contributed by atoms with Crippen molar-refractivity contribution in [2.24, 2.45) is 0 Å². The summed E-state index contributed by atoms with van der Waals surface area (Å²) < 4.78 is 11.4. The number of fused-ring (bicyclic) bond motifs is 3. The Bertz CT molecular complexity index is 687. The molecule has 1 N–H and O–H groups in total. The molecule has 2 heterocycles. The topological polar surface area (TPSA) is 30.5 Å². The molecule has 0 radical (unpaired) electrons. The van der Waals surface area contributed by atoms with Crippen LogP contribution >= 0.6 is 12.4 Å². The zero-order chi connectivity index (χ0) is 14.2. The van der Waals surface area contributed by atoms with Gasteiger partial charge in [0, 0.05) is 24.9 Å². The molecule has 2 aromatic rings. The quantitative estimate of drug-likeness (QED) is 0.875. The SMILES string of the molecule is COc1ccc2cc(OC3CC4C=CC(C3)N4)ccc2c1.Cl. The van der Waals surface area contributed by atoms with Crippen LogP contribution in [0, 0.1) is 0 Å². The predicted molar refractivity (Wildman–Crippen MR) is 91.2 cm³/mol. The molecule has 0 aromatic heterocycles. The second-order valence-corrected chi connectivity index (χ2v) is 5.85. The van der Waals surface area contributed by atoms with Gasteiger partial charge in [0.05, 0.1) is 7.11 Å². The Morgan fingerprint density at radius 1 is 0.909 bits per heavy atom. The third-order valence-electron chi connectivity index (χ3n) is 4.36. The molecule has 0 amide bonds. The molecule has 1 saturated heterocycles. The van der Waals surface area contributed by atoms with Gasteiger partial charge in [-0.1, -0.05) is 24.3 Å². The number of rotatable bonds is 3. The molecule has 116 valence electrons. The summed E-state index contributed by atoms with van der Waals surface area (Å²) in [5.74, 6) is 1.84. The smallest absolute Gasteiger partial charge is 0.120 e. The second kappa shape index (κ2) is 6.19. The van der Waals surface area contributed by atoms with E-state index in [1.54, 1.807) is 7.11 Å².